The summed E-state index contributed by atoms with van der Waals surface area (Å²) in [6.07, 6.45) is 0.375. The van der Waals surface area contributed by atoms with Crippen molar-refractivity contribution in [1.82, 2.24) is 4.90 Å². The molecule has 0 spiro atoms. The van der Waals surface area contributed by atoms with Gasteiger partial charge in [-0.1, -0.05) is 0 Å². The Bertz CT molecular complexity index is 79.4. The largest absolute Gasteiger partial charge is 0.377 e. The van der Waals surface area contributed by atoms with Crippen LogP contribution in [0.3, 0.4) is 0 Å². The molecule has 0 aliphatic rings. The second-order valence-electron chi connectivity index (χ2n) is 2.34. The Morgan fingerprint density at radius 3 is 2.50 bits per heavy atom. The SMILES string of the molecule is CN(CCCN)C(O)CN. The lowest BCUT2D eigenvalue weighted by molar-refractivity contribution is 0.0298. The maximum absolute atomic E-state index is 9.11. The molecule has 4 heteroatoms. The monoisotopic (exact) mass is 147 g/mol. The standard InChI is InChI=1S/C6H17N3O/c1-9(4-2-3-7)6(10)5-8/h6,10H,2-5,7-8H2,1H3. The molecule has 10 heavy (non-hydrogen) atoms. The molecule has 0 aromatic rings. The van der Waals surface area contributed by atoms with Crippen LogP contribution >= 0.6 is 0 Å². The van der Waals surface area contributed by atoms with E-state index in [-0.39, 0.29) is 6.54 Å². The summed E-state index contributed by atoms with van der Waals surface area (Å²) in [6, 6.07) is 0. The van der Waals surface area contributed by atoms with Crippen LogP contribution < -0.4 is 11.5 Å². The number of aliphatic hydroxyl groups excluding tert-OH is 1. The Hall–Kier alpha value is -0.160. The van der Waals surface area contributed by atoms with Gasteiger partial charge in [0, 0.05) is 13.1 Å². The number of nitrogens with zero attached hydrogens (tertiary/aromatic N) is 1. The molecule has 0 radical (unpaired) electrons. The third-order valence-corrected chi connectivity index (χ3v) is 1.43. The van der Waals surface area contributed by atoms with Crippen molar-refractivity contribution in [1.29, 1.82) is 0 Å². The van der Waals surface area contributed by atoms with Crippen LogP contribution in [-0.2, 0) is 0 Å². The molecule has 0 amide bonds. The summed E-state index contributed by atoms with van der Waals surface area (Å²) in [5, 5.41) is 9.11. The minimum atomic E-state index is -0.522. The molecule has 0 rings (SSSR count). The second-order valence-corrected chi connectivity index (χ2v) is 2.34. The van der Waals surface area contributed by atoms with Gasteiger partial charge in [-0.3, -0.25) is 4.90 Å². The van der Waals surface area contributed by atoms with E-state index in [0.717, 1.165) is 13.0 Å². The minimum absolute atomic E-state index is 0.279. The van der Waals surface area contributed by atoms with Crippen LogP contribution in [-0.4, -0.2) is 42.9 Å². The van der Waals surface area contributed by atoms with Gasteiger partial charge in [0.25, 0.3) is 0 Å². The Balaban J connectivity index is 3.31. The molecule has 0 aromatic heterocycles. The van der Waals surface area contributed by atoms with Crippen molar-refractivity contribution in [2.75, 3.05) is 26.7 Å². The highest BCUT2D eigenvalue weighted by atomic mass is 16.3. The van der Waals surface area contributed by atoms with Gasteiger partial charge >= 0.3 is 0 Å². The van der Waals surface area contributed by atoms with Crippen LogP contribution in [0.25, 0.3) is 0 Å². The highest BCUT2D eigenvalue weighted by molar-refractivity contribution is 4.56. The predicted molar refractivity (Wildman–Crippen MR) is 41.4 cm³/mol. The number of hydrogen-bond acceptors (Lipinski definition) is 4. The van der Waals surface area contributed by atoms with E-state index in [1.807, 2.05) is 7.05 Å². The van der Waals surface area contributed by atoms with Gasteiger partial charge in [-0.05, 0) is 20.0 Å². The van der Waals surface area contributed by atoms with E-state index < -0.39 is 6.23 Å². The van der Waals surface area contributed by atoms with Gasteiger partial charge in [-0.25, -0.2) is 0 Å². The molecule has 62 valence electrons. The summed E-state index contributed by atoms with van der Waals surface area (Å²) in [7, 11) is 1.83. The molecule has 0 fully saturated rings. The lowest BCUT2D eigenvalue weighted by Crippen LogP contribution is -2.38. The smallest absolute Gasteiger partial charge is 0.119 e. The van der Waals surface area contributed by atoms with Gasteiger partial charge < -0.3 is 16.6 Å². The maximum Gasteiger partial charge on any atom is 0.119 e. The minimum Gasteiger partial charge on any atom is -0.377 e. The van der Waals surface area contributed by atoms with E-state index in [0.29, 0.717) is 6.54 Å². The van der Waals surface area contributed by atoms with E-state index in [2.05, 4.69) is 0 Å². The summed E-state index contributed by atoms with van der Waals surface area (Å²) in [4.78, 5) is 1.78. The molecule has 0 aliphatic heterocycles. The van der Waals surface area contributed by atoms with Gasteiger partial charge in [0.1, 0.15) is 6.23 Å². The molecule has 0 heterocycles. The molecule has 0 bridgehead atoms. The number of nitrogens with two attached hydrogens (primary N) is 2. The fourth-order valence-corrected chi connectivity index (χ4v) is 0.670. The van der Waals surface area contributed by atoms with Crippen LogP contribution in [0, 0.1) is 0 Å². The molecule has 0 aliphatic carbocycles. The molecule has 0 aromatic carbocycles. The van der Waals surface area contributed by atoms with Gasteiger partial charge in [0.15, 0.2) is 0 Å². The fourth-order valence-electron chi connectivity index (χ4n) is 0.670. The summed E-state index contributed by atoms with van der Waals surface area (Å²) >= 11 is 0. The van der Waals surface area contributed by atoms with E-state index in [4.69, 9.17) is 16.6 Å². The molecule has 0 saturated carbocycles. The van der Waals surface area contributed by atoms with Crippen molar-refractivity contribution in [3.8, 4) is 0 Å². The summed E-state index contributed by atoms with van der Waals surface area (Å²) in [6.45, 7) is 1.73. The third kappa shape index (κ3) is 3.79. The average molecular weight is 147 g/mol. The van der Waals surface area contributed by atoms with Crippen molar-refractivity contribution in [3.63, 3.8) is 0 Å². The van der Waals surface area contributed by atoms with Crippen LogP contribution in [0.15, 0.2) is 0 Å². The number of rotatable bonds is 5. The lowest BCUT2D eigenvalue weighted by Gasteiger charge is -2.21. The Morgan fingerprint density at radius 1 is 1.50 bits per heavy atom. The highest BCUT2D eigenvalue weighted by Crippen LogP contribution is 1.90. The van der Waals surface area contributed by atoms with Crippen molar-refractivity contribution in [2.24, 2.45) is 11.5 Å². The normalized spacial score (nSPS) is 14.1. The average Bonchev–Trinajstić information content (AvgIpc) is 1.98. The first kappa shape index (κ1) is 9.84. The van der Waals surface area contributed by atoms with Crippen LogP contribution in [0.5, 0.6) is 0 Å². The van der Waals surface area contributed by atoms with Crippen molar-refractivity contribution in [2.45, 2.75) is 12.6 Å². The van der Waals surface area contributed by atoms with E-state index in [1.54, 1.807) is 4.90 Å². The zero-order chi connectivity index (χ0) is 7.98. The van der Waals surface area contributed by atoms with Crippen molar-refractivity contribution >= 4 is 0 Å². The summed E-state index contributed by atoms with van der Waals surface area (Å²) < 4.78 is 0. The van der Waals surface area contributed by atoms with Gasteiger partial charge in [-0.15, -0.1) is 0 Å². The zero-order valence-corrected chi connectivity index (χ0v) is 6.45. The van der Waals surface area contributed by atoms with Crippen LogP contribution in [0.4, 0.5) is 0 Å². The van der Waals surface area contributed by atoms with E-state index in [1.165, 1.54) is 0 Å². The van der Waals surface area contributed by atoms with Crippen molar-refractivity contribution in [3.05, 3.63) is 0 Å². The maximum atomic E-state index is 9.11. The second kappa shape index (κ2) is 5.61. The molecule has 1 atom stereocenters. The van der Waals surface area contributed by atoms with E-state index >= 15 is 0 Å². The quantitative estimate of drug-likeness (QED) is 0.416. The Morgan fingerprint density at radius 2 is 2.10 bits per heavy atom. The lowest BCUT2D eigenvalue weighted by atomic mass is 10.4. The molecule has 4 nitrogen and oxygen atoms in total. The van der Waals surface area contributed by atoms with Crippen LogP contribution in [0.1, 0.15) is 6.42 Å². The van der Waals surface area contributed by atoms with E-state index in [9.17, 15) is 0 Å². The fraction of sp³-hybridized carbons (Fsp3) is 1.00. The van der Waals surface area contributed by atoms with Crippen molar-refractivity contribution < 1.29 is 5.11 Å². The number of aliphatic hydroxyl groups is 1. The van der Waals surface area contributed by atoms with Gasteiger partial charge in [0.05, 0.1) is 0 Å². The highest BCUT2D eigenvalue weighted by Gasteiger charge is 2.06. The molecule has 1 unspecified atom stereocenters. The first-order chi connectivity index (χ1) is 4.72. The molecular weight excluding hydrogens is 130 g/mol. The topological polar surface area (TPSA) is 75.5 Å². The Kier molecular flexibility index (Phi) is 5.52. The first-order valence-corrected chi connectivity index (χ1v) is 3.50. The first-order valence-electron chi connectivity index (χ1n) is 3.50. The predicted octanol–water partition coefficient (Wildman–Crippen LogP) is -1.46. The number of likely N-dealkylation sites (N-methyl/N-ethyl adjacent to an activating group) is 1. The Labute approximate surface area is 61.8 Å². The molecule has 0 saturated heterocycles. The van der Waals surface area contributed by atoms with Gasteiger partial charge in [-0.2, -0.15) is 0 Å². The summed E-state index contributed by atoms with van der Waals surface area (Å²) in [5.41, 5.74) is 10.5. The molecule has 5 N–H and O–H groups in total. The number of hydrogen-bond donors (Lipinski definition) is 3. The van der Waals surface area contributed by atoms with Crippen LogP contribution in [0.2, 0.25) is 0 Å². The zero-order valence-electron chi connectivity index (χ0n) is 6.45. The molecular formula is C6H17N3O. The summed E-state index contributed by atoms with van der Waals surface area (Å²) in [5.74, 6) is 0. The third-order valence-electron chi connectivity index (χ3n) is 1.43. The van der Waals surface area contributed by atoms with Gasteiger partial charge in [0.2, 0.25) is 0 Å².